The van der Waals surface area contributed by atoms with Crippen LogP contribution in [0.4, 0.5) is 0 Å². The molecular formula is C17H30ClNO3. The molecule has 2 N–H and O–H groups in total. The van der Waals surface area contributed by atoms with E-state index in [0.717, 1.165) is 13.0 Å². The van der Waals surface area contributed by atoms with Crippen molar-refractivity contribution in [1.29, 1.82) is 0 Å². The van der Waals surface area contributed by atoms with Crippen molar-refractivity contribution in [1.82, 2.24) is 5.32 Å². The number of ether oxygens (including phenoxy) is 2. The summed E-state index contributed by atoms with van der Waals surface area (Å²) in [5.74, 6) is 0.0963. The van der Waals surface area contributed by atoms with Crippen LogP contribution in [0.2, 0.25) is 0 Å². The molecule has 0 aromatic heterocycles. The molecule has 0 saturated carbocycles. The summed E-state index contributed by atoms with van der Waals surface area (Å²) in [6.45, 7) is 8.94. The lowest BCUT2D eigenvalue weighted by atomic mass is 9.73. The fraction of sp³-hybridized carbons (Fsp3) is 0.765. The molecule has 1 heterocycles. The Balaban J connectivity index is 0.00000242. The van der Waals surface area contributed by atoms with Gasteiger partial charge in [0.15, 0.2) is 0 Å². The Morgan fingerprint density at radius 1 is 1.45 bits per heavy atom. The Hall–Kier alpha value is -0.390. The minimum atomic E-state index is -0.905. The molecule has 3 unspecified atom stereocenters. The standard InChI is InChI=1S/C17H29NO3.ClH/c1-4-21-16(8-6-5-7-9-16)13-17(19,14(2)3)15-12-18-10-11-20-15;/h5-8,14-15,18-19H,4,9-13H2,1-3H3;1H. The fourth-order valence-electron chi connectivity index (χ4n) is 3.28. The summed E-state index contributed by atoms with van der Waals surface area (Å²) in [5, 5.41) is 14.7. The monoisotopic (exact) mass is 331 g/mol. The maximum absolute atomic E-state index is 11.4. The maximum Gasteiger partial charge on any atom is 0.0990 e. The summed E-state index contributed by atoms with van der Waals surface area (Å²) in [4.78, 5) is 0. The molecule has 0 aromatic rings. The first-order valence-electron chi connectivity index (χ1n) is 8.05. The maximum atomic E-state index is 11.4. The second-order valence-electron chi connectivity index (χ2n) is 6.38. The topological polar surface area (TPSA) is 50.7 Å². The van der Waals surface area contributed by atoms with Crippen molar-refractivity contribution in [3.8, 4) is 0 Å². The van der Waals surface area contributed by atoms with Gasteiger partial charge in [0.25, 0.3) is 0 Å². The van der Waals surface area contributed by atoms with E-state index in [0.29, 0.717) is 26.2 Å². The van der Waals surface area contributed by atoms with E-state index in [4.69, 9.17) is 9.47 Å². The van der Waals surface area contributed by atoms with Crippen molar-refractivity contribution in [3.05, 3.63) is 24.3 Å². The lowest BCUT2D eigenvalue weighted by Crippen LogP contribution is -2.59. The average molecular weight is 332 g/mol. The van der Waals surface area contributed by atoms with Gasteiger partial charge in [-0.15, -0.1) is 12.4 Å². The molecular weight excluding hydrogens is 302 g/mol. The molecule has 0 spiro atoms. The Bertz CT molecular complexity index is 393. The fourth-order valence-corrected chi connectivity index (χ4v) is 3.28. The molecule has 1 aliphatic heterocycles. The van der Waals surface area contributed by atoms with Gasteiger partial charge in [0.1, 0.15) is 0 Å². The SMILES string of the molecule is CCOC1(CC(O)(C(C)C)C2CNCCO2)C=CC=CC1.Cl. The van der Waals surface area contributed by atoms with E-state index < -0.39 is 11.2 Å². The van der Waals surface area contributed by atoms with Crippen LogP contribution in [0.15, 0.2) is 24.3 Å². The Labute approximate surface area is 140 Å². The first-order chi connectivity index (χ1) is 10.0. The molecule has 0 amide bonds. The minimum Gasteiger partial charge on any atom is -0.387 e. The Kier molecular flexibility index (Phi) is 7.56. The molecule has 128 valence electrons. The zero-order valence-corrected chi connectivity index (χ0v) is 14.7. The first-order valence-corrected chi connectivity index (χ1v) is 8.05. The normalized spacial score (nSPS) is 30.9. The molecule has 0 bridgehead atoms. The number of hydrogen-bond acceptors (Lipinski definition) is 4. The van der Waals surface area contributed by atoms with Gasteiger partial charge in [0.2, 0.25) is 0 Å². The molecule has 4 nitrogen and oxygen atoms in total. The predicted octanol–water partition coefficient (Wildman–Crippen LogP) is 2.47. The number of hydrogen-bond donors (Lipinski definition) is 2. The zero-order valence-electron chi connectivity index (χ0n) is 13.9. The Morgan fingerprint density at radius 2 is 2.23 bits per heavy atom. The van der Waals surface area contributed by atoms with E-state index in [2.05, 4.69) is 31.3 Å². The summed E-state index contributed by atoms with van der Waals surface area (Å²) >= 11 is 0. The third-order valence-electron chi connectivity index (χ3n) is 4.61. The third-order valence-corrected chi connectivity index (χ3v) is 4.61. The Morgan fingerprint density at radius 3 is 2.73 bits per heavy atom. The molecule has 0 aromatic carbocycles. The summed E-state index contributed by atoms with van der Waals surface area (Å²) in [6.07, 6.45) is 9.40. The number of allylic oxidation sites excluding steroid dienone is 2. The molecule has 2 aliphatic rings. The van der Waals surface area contributed by atoms with Gasteiger partial charge in [-0.2, -0.15) is 0 Å². The van der Waals surface area contributed by atoms with E-state index in [1.54, 1.807) is 0 Å². The molecule has 1 aliphatic carbocycles. The van der Waals surface area contributed by atoms with Crippen LogP contribution in [-0.4, -0.2) is 48.7 Å². The summed E-state index contributed by atoms with van der Waals surface area (Å²) in [5.41, 5.74) is -1.33. The van der Waals surface area contributed by atoms with Crippen molar-refractivity contribution >= 4 is 12.4 Å². The van der Waals surface area contributed by atoms with Gasteiger partial charge in [-0.05, 0) is 19.3 Å². The first kappa shape index (κ1) is 19.7. The lowest BCUT2D eigenvalue weighted by Gasteiger charge is -2.46. The molecule has 0 radical (unpaired) electrons. The van der Waals surface area contributed by atoms with Crippen LogP contribution in [0.25, 0.3) is 0 Å². The summed E-state index contributed by atoms with van der Waals surface area (Å²) < 4.78 is 11.9. The second-order valence-corrected chi connectivity index (χ2v) is 6.38. The molecule has 3 atom stereocenters. The van der Waals surface area contributed by atoms with Gasteiger partial charge in [-0.1, -0.05) is 38.2 Å². The van der Waals surface area contributed by atoms with Crippen LogP contribution in [0, 0.1) is 5.92 Å². The number of rotatable bonds is 6. The quantitative estimate of drug-likeness (QED) is 0.785. The molecule has 1 saturated heterocycles. The van der Waals surface area contributed by atoms with Crippen molar-refractivity contribution in [2.75, 3.05) is 26.3 Å². The van der Waals surface area contributed by atoms with Gasteiger partial charge in [-0.25, -0.2) is 0 Å². The highest BCUT2D eigenvalue weighted by Crippen LogP contribution is 2.38. The van der Waals surface area contributed by atoms with E-state index in [-0.39, 0.29) is 24.4 Å². The predicted molar refractivity (Wildman–Crippen MR) is 91.5 cm³/mol. The van der Waals surface area contributed by atoms with Crippen molar-refractivity contribution in [3.63, 3.8) is 0 Å². The van der Waals surface area contributed by atoms with Crippen LogP contribution < -0.4 is 5.32 Å². The van der Waals surface area contributed by atoms with Crippen LogP contribution in [0.3, 0.4) is 0 Å². The average Bonchev–Trinajstić information content (AvgIpc) is 2.49. The van der Waals surface area contributed by atoms with Crippen molar-refractivity contribution < 1.29 is 14.6 Å². The van der Waals surface area contributed by atoms with Crippen LogP contribution >= 0.6 is 12.4 Å². The van der Waals surface area contributed by atoms with Crippen LogP contribution in [0.5, 0.6) is 0 Å². The molecule has 1 fully saturated rings. The molecule has 5 heteroatoms. The minimum absolute atomic E-state index is 0. The summed E-state index contributed by atoms with van der Waals surface area (Å²) in [7, 11) is 0. The number of nitrogens with one attached hydrogen (secondary N) is 1. The zero-order chi connectivity index (χ0) is 15.3. The third kappa shape index (κ3) is 4.33. The highest BCUT2D eigenvalue weighted by Gasteiger charge is 2.47. The van der Waals surface area contributed by atoms with Crippen LogP contribution in [-0.2, 0) is 9.47 Å². The van der Waals surface area contributed by atoms with E-state index >= 15 is 0 Å². The van der Waals surface area contributed by atoms with Gasteiger partial charge in [0.05, 0.1) is 23.9 Å². The van der Waals surface area contributed by atoms with Gasteiger partial charge >= 0.3 is 0 Å². The molecule has 22 heavy (non-hydrogen) atoms. The van der Waals surface area contributed by atoms with Gasteiger partial charge in [-0.3, -0.25) is 0 Å². The number of halogens is 1. The molecule has 2 rings (SSSR count). The van der Waals surface area contributed by atoms with Gasteiger partial charge < -0.3 is 19.9 Å². The smallest absolute Gasteiger partial charge is 0.0990 e. The number of aliphatic hydroxyl groups is 1. The second kappa shape index (κ2) is 8.46. The van der Waals surface area contributed by atoms with Crippen molar-refractivity contribution in [2.24, 2.45) is 5.92 Å². The van der Waals surface area contributed by atoms with E-state index in [9.17, 15) is 5.11 Å². The van der Waals surface area contributed by atoms with Crippen LogP contribution in [0.1, 0.15) is 33.6 Å². The van der Waals surface area contributed by atoms with Crippen molar-refractivity contribution in [2.45, 2.75) is 50.9 Å². The number of morpholine rings is 1. The van der Waals surface area contributed by atoms with E-state index in [1.807, 2.05) is 19.1 Å². The van der Waals surface area contributed by atoms with E-state index in [1.165, 1.54) is 0 Å². The highest BCUT2D eigenvalue weighted by atomic mass is 35.5. The largest absolute Gasteiger partial charge is 0.387 e. The summed E-state index contributed by atoms with van der Waals surface area (Å²) in [6, 6.07) is 0. The van der Waals surface area contributed by atoms with Gasteiger partial charge in [0, 0.05) is 26.1 Å². The highest BCUT2D eigenvalue weighted by molar-refractivity contribution is 5.85. The lowest BCUT2D eigenvalue weighted by molar-refractivity contribution is -0.174.